The van der Waals surface area contributed by atoms with Crippen LogP contribution in [-0.2, 0) is 4.79 Å². The summed E-state index contributed by atoms with van der Waals surface area (Å²) < 4.78 is 69.3. The maximum atomic E-state index is 14.0. The zero-order valence-electron chi connectivity index (χ0n) is 26.0. The number of amidine groups is 1. The molecule has 254 valence electrons. The average molecular weight is 672 g/mol. The fourth-order valence-electron chi connectivity index (χ4n) is 5.60. The zero-order valence-corrected chi connectivity index (χ0v) is 26.0. The minimum atomic E-state index is -5.13. The standard InChI is InChI=1S/C33H34F5N7O3/c1-21(45-14-4-5-23(20-45)22-8-10-24(34)11-9-22)40-30(33(36,37)38)29(46)31(47)41-25-12-13-28(39-19-25)43-15-17-44(18-16-43)32(48)42-27-7-3-2-6-26(27)35/h2-3,6-13,19,23,46H,4-5,14-18,20H2,1H3,(H,41,47)(H,42,48)/b30-29-,40-21?. The molecule has 1 unspecified atom stereocenters. The number of carbonyl (C=O) groups is 2. The summed E-state index contributed by atoms with van der Waals surface area (Å²) in [5, 5.41) is 15.2. The molecule has 3 amide bonds. The molecule has 15 heteroatoms. The predicted octanol–water partition coefficient (Wildman–Crippen LogP) is 6.28. The van der Waals surface area contributed by atoms with Gasteiger partial charge in [0.15, 0.2) is 5.70 Å². The normalized spacial score (nSPS) is 17.9. The van der Waals surface area contributed by atoms with Crippen molar-refractivity contribution in [3.8, 4) is 0 Å². The number of halogens is 5. The van der Waals surface area contributed by atoms with E-state index in [0.717, 1.165) is 12.0 Å². The molecule has 2 aliphatic heterocycles. The lowest BCUT2D eigenvalue weighted by atomic mass is 9.90. The number of likely N-dealkylation sites (tertiary alicyclic amines) is 1. The highest BCUT2D eigenvalue weighted by Crippen LogP contribution is 2.32. The fourth-order valence-corrected chi connectivity index (χ4v) is 5.60. The van der Waals surface area contributed by atoms with Crippen molar-refractivity contribution in [1.82, 2.24) is 14.8 Å². The third-order valence-corrected chi connectivity index (χ3v) is 8.21. The van der Waals surface area contributed by atoms with Crippen LogP contribution >= 0.6 is 0 Å². The van der Waals surface area contributed by atoms with E-state index in [1.165, 1.54) is 54.4 Å². The summed E-state index contributed by atoms with van der Waals surface area (Å²) in [4.78, 5) is 38.2. The predicted molar refractivity (Wildman–Crippen MR) is 171 cm³/mol. The Morgan fingerprint density at radius 2 is 1.62 bits per heavy atom. The highest BCUT2D eigenvalue weighted by molar-refractivity contribution is 6.02. The van der Waals surface area contributed by atoms with Gasteiger partial charge in [0.1, 0.15) is 23.3 Å². The zero-order chi connectivity index (χ0) is 34.4. The number of aliphatic imine (C=N–C) groups is 1. The third kappa shape index (κ3) is 8.38. The van der Waals surface area contributed by atoms with E-state index in [1.807, 2.05) is 4.90 Å². The lowest BCUT2D eigenvalue weighted by Crippen LogP contribution is -2.50. The third-order valence-electron chi connectivity index (χ3n) is 8.21. The van der Waals surface area contributed by atoms with Crippen molar-refractivity contribution in [2.24, 2.45) is 4.99 Å². The second kappa shape index (κ2) is 14.7. The molecule has 2 aromatic carbocycles. The molecule has 0 saturated carbocycles. The van der Waals surface area contributed by atoms with E-state index < -0.39 is 35.4 Å². The summed E-state index contributed by atoms with van der Waals surface area (Å²) in [6, 6.07) is 14.3. The molecule has 1 atom stereocenters. The number of carbonyl (C=O) groups excluding carboxylic acids is 2. The largest absolute Gasteiger partial charge is 0.502 e. The number of aliphatic hydroxyl groups is 1. The number of hydrogen-bond acceptors (Lipinski definition) is 6. The number of pyridine rings is 1. The van der Waals surface area contributed by atoms with Crippen LogP contribution in [0.4, 0.5) is 43.9 Å². The molecule has 0 radical (unpaired) electrons. The maximum absolute atomic E-state index is 14.0. The number of nitrogens with zero attached hydrogens (tertiary/aromatic N) is 5. The van der Waals surface area contributed by atoms with Crippen molar-refractivity contribution in [3.05, 3.63) is 95.5 Å². The van der Waals surface area contributed by atoms with E-state index in [1.54, 1.807) is 29.2 Å². The summed E-state index contributed by atoms with van der Waals surface area (Å²) in [7, 11) is 0. The number of anilines is 3. The first-order valence-corrected chi connectivity index (χ1v) is 15.3. The number of allylic oxidation sites excluding steroid dienone is 1. The number of piperazine rings is 1. The summed E-state index contributed by atoms with van der Waals surface area (Å²) in [5.41, 5.74) is -0.761. The van der Waals surface area contributed by atoms with Crippen LogP contribution in [0.2, 0.25) is 0 Å². The molecule has 2 fully saturated rings. The fraction of sp³-hybridized carbons (Fsp3) is 0.333. The van der Waals surface area contributed by atoms with E-state index in [2.05, 4.69) is 20.6 Å². The van der Waals surface area contributed by atoms with E-state index in [9.17, 15) is 36.6 Å². The van der Waals surface area contributed by atoms with E-state index in [0.29, 0.717) is 51.5 Å². The molecule has 3 heterocycles. The van der Waals surface area contributed by atoms with E-state index in [4.69, 9.17) is 0 Å². The topological polar surface area (TPSA) is 113 Å². The number of rotatable bonds is 6. The number of benzene rings is 2. The Morgan fingerprint density at radius 1 is 0.917 bits per heavy atom. The molecule has 1 aromatic heterocycles. The molecule has 0 bridgehead atoms. The smallest absolute Gasteiger partial charge is 0.437 e. The van der Waals surface area contributed by atoms with Gasteiger partial charge in [0, 0.05) is 45.2 Å². The number of alkyl halides is 3. The monoisotopic (exact) mass is 671 g/mol. The van der Waals surface area contributed by atoms with Gasteiger partial charge in [-0.2, -0.15) is 13.2 Å². The minimum Gasteiger partial charge on any atom is -0.502 e. The second-order valence-corrected chi connectivity index (χ2v) is 11.4. The number of para-hydroxylation sites is 1. The highest BCUT2D eigenvalue weighted by Gasteiger charge is 2.40. The van der Waals surface area contributed by atoms with Gasteiger partial charge in [0.05, 0.1) is 17.6 Å². The molecule has 2 saturated heterocycles. The molecule has 3 N–H and O–H groups in total. The number of piperidine rings is 1. The van der Waals surface area contributed by atoms with Crippen molar-refractivity contribution < 1.29 is 36.6 Å². The molecule has 3 aromatic rings. The van der Waals surface area contributed by atoms with Gasteiger partial charge in [-0.25, -0.2) is 23.6 Å². The highest BCUT2D eigenvalue weighted by atomic mass is 19.4. The minimum absolute atomic E-state index is 0.0238. The number of amides is 3. The van der Waals surface area contributed by atoms with Gasteiger partial charge in [0.2, 0.25) is 5.76 Å². The van der Waals surface area contributed by atoms with Crippen molar-refractivity contribution >= 4 is 35.0 Å². The first-order chi connectivity index (χ1) is 22.9. The van der Waals surface area contributed by atoms with Gasteiger partial charge in [-0.05, 0) is 61.7 Å². The van der Waals surface area contributed by atoms with E-state index in [-0.39, 0.29) is 28.9 Å². The Morgan fingerprint density at radius 3 is 2.27 bits per heavy atom. The Labute approximate surface area is 273 Å². The molecule has 2 aliphatic rings. The van der Waals surface area contributed by atoms with Gasteiger partial charge >= 0.3 is 12.2 Å². The van der Waals surface area contributed by atoms with Crippen molar-refractivity contribution in [3.63, 3.8) is 0 Å². The van der Waals surface area contributed by atoms with Crippen molar-refractivity contribution in [2.45, 2.75) is 31.9 Å². The molecular formula is C33H34F5N7O3. The number of urea groups is 1. The van der Waals surface area contributed by atoms with Gasteiger partial charge < -0.3 is 30.4 Å². The summed E-state index contributed by atoms with van der Waals surface area (Å²) in [5.74, 6) is -3.51. The summed E-state index contributed by atoms with van der Waals surface area (Å²) in [6.45, 7) is 3.60. The molecular weight excluding hydrogens is 637 g/mol. The molecule has 0 aliphatic carbocycles. The number of hydrogen-bond donors (Lipinski definition) is 3. The van der Waals surface area contributed by atoms with Gasteiger partial charge in [0.25, 0.3) is 5.91 Å². The van der Waals surface area contributed by atoms with Crippen LogP contribution in [0.1, 0.15) is 31.2 Å². The van der Waals surface area contributed by atoms with E-state index >= 15 is 0 Å². The van der Waals surface area contributed by atoms with Crippen molar-refractivity contribution in [1.29, 1.82) is 0 Å². The first-order valence-electron chi connectivity index (χ1n) is 15.3. The van der Waals surface area contributed by atoms with Crippen LogP contribution in [-0.4, -0.2) is 83.1 Å². The molecule has 5 rings (SSSR count). The Kier molecular flexibility index (Phi) is 10.4. The number of aliphatic hydroxyl groups excluding tert-OH is 1. The van der Waals surface area contributed by atoms with Gasteiger partial charge in [-0.1, -0.05) is 24.3 Å². The van der Waals surface area contributed by atoms with Crippen LogP contribution in [0.3, 0.4) is 0 Å². The Balaban J connectivity index is 1.20. The van der Waals surface area contributed by atoms with Crippen LogP contribution < -0.4 is 15.5 Å². The lowest BCUT2D eigenvalue weighted by molar-refractivity contribution is -0.118. The SMILES string of the molecule is CC(=N/C(=C(\O)C(=O)Nc1ccc(N2CCN(C(=O)Nc3ccccc3F)CC2)nc1)C(F)(F)F)N1CCCC(c2ccc(F)cc2)C1. The van der Waals surface area contributed by atoms with Gasteiger partial charge in [-0.15, -0.1) is 0 Å². The molecule has 0 spiro atoms. The Bertz CT molecular complexity index is 1670. The lowest BCUT2D eigenvalue weighted by Gasteiger charge is -2.35. The Hall–Kier alpha value is -5.21. The van der Waals surface area contributed by atoms with Crippen molar-refractivity contribution in [2.75, 3.05) is 54.8 Å². The van der Waals surface area contributed by atoms with Crippen LogP contribution in [0.25, 0.3) is 0 Å². The summed E-state index contributed by atoms with van der Waals surface area (Å²) in [6.07, 6.45) is -2.47. The van der Waals surface area contributed by atoms with Crippen LogP contribution in [0.15, 0.2) is 83.3 Å². The summed E-state index contributed by atoms with van der Waals surface area (Å²) >= 11 is 0. The maximum Gasteiger partial charge on any atom is 0.437 e. The van der Waals surface area contributed by atoms with Gasteiger partial charge in [-0.3, -0.25) is 4.79 Å². The number of aromatic nitrogens is 1. The molecule has 10 nitrogen and oxygen atoms in total. The second-order valence-electron chi connectivity index (χ2n) is 11.4. The average Bonchev–Trinajstić information content (AvgIpc) is 3.08. The van der Waals surface area contributed by atoms with Crippen LogP contribution in [0, 0.1) is 11.6 Å². The number of nitrogens with one attached hydrogen (secondary N) is 2. The quantitative estimate of drug-likeness (QED) is 0.0935. The first kappa shape index (κ1) is 34.1. The van der Waals surface area contributed by atoms with Crippen LogP contribution in [0.5, 0.6) is 0 Å². The molecule has 48 heavy (non-hydrogen) atoms.